The molecule has 0 saturated heterocycles. The number of terminal acetylenes is 1. The van der Waals surface area contributed by atoms with Gasteiger partial charge in [0.1, 0.15) is 5.69 Å². The van der Waals surface area contributed by atoms with Crippen molar-refractivity contribution in [1.29, 1.82) is 0 Å². The van der Waals surface area contributed by atoms with E-state index in [1.807, 2.05) is 13.8 Å². The maximum atomic E-state index is 11.7. The molecule has 0 aliphatic heterocycles. The van der Waals surface area contributed by atoms with Crippen molar-refractivity contribution in [1.82, 2.24) is 9.78 Å². The van der Waals surface area contributed by atoms with Crippen LogP contribution in [-0.2, 0) is 7.05 Å². The van der Waals surface area contributed by atoms with Gasteiger partial charge in [0.2, 0.25) is 0 Å². The molecular formula is C11H14ClN3O. The predicted octanol–water partition coefficient (Wildman–Crippen LogP) is 1.50. The molecule has 0 radical (unpaired) electrons. The van der Waals surface area contributed by atoms with E-state index < -0.39 is 0 Å². The zero-order chi connectivity index (χ0) is 12.3. The molecule has 16 heavy (non-hydrogen) atoms. The maximum absolute atomic E-state index is 11.7. The first-order valence-corrected chi connectivity index (χ1v) is 5.30. The minimum Gasteiger partial charge on any atom is -0.367 e. The summed E-state index contributed by atoms with van der Waals surface area (Å²) in [4.78, 5) is 11.7. The molecule has 1 heterocycles. The van der Waals surface area contributed by atoms with E-state index in [2.05, 4.69) is 16.3 Å². The molecule has 1 atom stereocenters. The van der Waals surface area contributed by atoms with Gasteiger partial charge < -0.3 is 5.32 Å². The molecular weight excluding hydrogens is 226 g/mol. The lowest BCUT2D eigenvalue weighted by atomic mass is 10.1. The summed E-state index contributed by atoms with van der Waals surface area (Å²) in [7, 11) is 1.54. The number of aryl methyl sites for hydroxylation is 1. The summed E-state index contributed by atoms with van der Waals surface area (Å²) in [5.41, 5.74) is 0.129. The Kier molecular flexibility index (Phi) is 3.97. The van der Waals surface area contributed by atoms with E-state index in [4.69, 9.17) is 18.0 Å². The third kappa shape index (κ3) is 2.77. The van der Waals surface area contributed by atoms with Crippen LogP contribution in [0.25, 0.3) is 0 Å². The second-order valence-electron chi connectivity index (χ2n) is 3.84. The largest absolute Gasteiger partial charge is 0.367 e. The Morgan fingerprint density at radius 2 is 2.25 bits per heavy atom. The van der Waals surface area contributed by atoms with Crippen molar-refractivity contribution in [3.05, 3.63) is 21.6 Å². The van der Waals surface area contributed by atoms with E-state index >= 15 is 0 Å². The highest BCUT2D eigenvalue weighted by Crippen LogP contribution is 2.11. The van der Waals surface area contributed by atoms with Crippen LogP contribution in [0.5, 0.6) is 0 Å². The monoisotopic (exact) mass is 239 g/mol. The second kappa shape index (κ2) is 5.04. The lowest BCUT2D eigenvalue weighted by molar-refractivity contribution is 0.610. The molecule has 0 amide bonds. The van der Waals surface area contributed by atoms with Crippen LogP contribution in [-0.4, -0.2) is 15.8 Å². The lowest BCUT2D eigenvalue weighted by Gasteiger charge is -2.17. The van der Waals surface area contributed by atoms with Gasteiger partial charge in [-0.3, -0.25) is 4.79 Å². The molecule has 0 aromatic carbocycles. The summed E-state index contributed by atoms with van der Waals surface area (Å²) < 4.78 is 1.18. The van der Waals surface area contributed by atoms with Gasteiger partial charge in [-0.2, -0.15) is 5.10 Å². The average molecular weight is 240 g/mol. The number of aromatic nitrogens is 2. The van der Waals surface area contributed by atoms with Gasteiger partial charge in [0.05, 0.1) is 6.04 Å². The van der Waals surface area contributed by atoms with Crippen molar-refractivity contribution in [2.24, 2.45) is 13.0 Å². The number of anilines is 1. The second-order valence-corrected chi connectivity index (χ2v) is 4.23. The first-order chi connectivity index (χ1) is 7.45. The summed E-state index contributed by atoms with van der Waals surface area (Å²) in [6.45, 7) is 3.95. The van der Waals surface area contributed by atoms with Crippen molar-refractivity contribution in [2.45, 2.75) is 19.9 Å². The molecule has 0 unspecified atom stereocenters. The minimum absolute atomic E-state index is 0.203. The van der Waals surface area contributed by atoms with Crippen LogP contribution in [0.3, 0.4) is 0 Å². The number of nitrogens with zero attached hydrogens (tertiary/aromatic N) is 2. The molecule has 0 fully saturated rings. The Labute approximate surface area is 99.6 Å². The van der Waals surface area contributed by atoms with E-state index in [0.29, 0.717) is 5.69 Å². The zero-order valence-electron chi connectivity index (χ0n) is 9.49. The van der Waals surface area contributed by atoms with Crippen LogP contribution in [0.1, 0.15) is 13.8 Å². The van der Waals surface area contributed by atoms with Gasteiger partial charge in [-0.25, -0.2) is 4.68 Å². The van der Waals surface area contributed by atoms with Crippen molar-refractivity contribution in [3.8, 4) is 12.3 Å². The van der Waals surface area contributed by atoms with Gasteiger partial charge in [0.15, 0.2) is 5.15 Å². The fraction of sp³-hybridized carbons (Fsp3) is 0.455. The molecule has 0 bridgehead atoms. The lowest BCUT2D eigenvalue weighted by Crippen LogP contribution is -2.30. The zero-order valence-corrected chi connectivity index (χ0v) is 10.2. The van der Waals surface area contributed by atoms with Gasteiger partial charge in [0.25, 0.3) is 5.56 Å². The summed E-state index contributed by atoms with van der Waals surface area (Å²) in [5, 5.41) is 7.03. The Hall–Kier alpha value is -1.47. The van der Waals surface area contributed by atoms with Crippen molar-refractivity contribution in [2.75, 3.05) is 5.32 Å². The Balaban J connectivity index is 3.07. The quantitative estimate of drug-likeness (QED) is 0.814. The summed E-state index contributed by atoms with van der Waals surface area (Å²) in [6.07, 6.45) is 5.38. The normalized spacial score (nSPS) is 12.2. The molecule has 1 aromatic rings. The highest BCUT2D eigenvalue weighted by Gasteiger charge is 2.13. The third-order valence-electron chi connectivity index (χ3n) is 2.19. The van der Waals surface area contributed by atoms with E-state index in [1.165, 1.54) is 10.7 Å². The molecule has 1 rings (SSSR count). The molecule has 0 saturated carbocycles. The molecule has 1 N–H and O–H groups in total. The molecule has 0 aliphatic rings. The van der Waals surface area contributed by atoms with Crippen LogP contribution in [0, 0.1) is 18.3 Å². The van der Waals surface area contributed by atoms with Crippen molar-refractivity contribution in [3.63, 3.8) is 0 Å². The highest BCUT2D eigenvalue weighted by molar-refractivity contribution is 6.29. The fourth-order valence-electron chi connectivity index (χ4n) is 1.24. The fourth-order valence-corrected chi connectivity index (χ4v) is 1.47. The van der Waals surface area contributed by atoms with Crippen LogP contribution in [0.15, 0.2) is 10.9 Å². The van der Waals surface area contributed by atoms with E-state index in [0.717, 1.165) is 0 Å². The van der Waals surface area contributed by atoms with Gasteiger partial charge in [-0.15, -0.1) is 6.42 Å². The number of rotatable bonds is 3. The van der Waals surface area contributed by atoms with E-state index in [9.17, 15) is 4.79 Å². The van der Waals surface area contributed by atoms with E-state index in [1.54, 1.807) is 7.05 Å². The number of halogens is 1. The Morgan fingerprint density at radius 3 is 2.75 bits per heavy atom. The summed E-state index contributed by atoms with van der Waals surface area (Å²) >= 11 is 5.77. The highest BCUT2D eigenvalue weighted by atomic mass is 35.5. The SMILES string of the molecule is C#C[C@@H](Nc1cc(Cl)nn(C)c1=O)C(C)C. The van der Waals surface area contributed by atoms with Gasteiger partial charge >= 0.3 is 0 Å². The topological polar surface area (TPSA) is 46.9 Å². The molecule has 0 spiro atoms. The minimum atomic E-state index is -0.245. The Morgan fingerprint density at radius 1 is 1.62 bits per heavy atom. The molecule has 1 aromatic heterocycles. The predicted molar refractivity (Wildman–Crippen MR) is 65.6 cm³/mol. The van der Waals surface area contributed by atoms with Gasteiger partial charge in [-0.1, -0.05) is 31.4 Å². The standard InChI is InChI=1S/C11H14ClN3O/c1-5-8(7(2)3)13-9-6-10(12)14-15(4)11(9)16/h1,6-8,13H,2-4H3/t8-/m1/s1. The first-order valence-electron chi connectivity index (χ1n) is 4.92. The molecule has 4 nitrogen and oxygen atoms in total. The molecule has 0 aliphatic carbocycles. The first kappa shape index (κ1) is 12.6. The van der Waals surface area contributed by atoms with Crippen LogP contribution < -0.4 is 10.9 Å². The maximum Gasteiger partial charge on any atom is 0.289 e. The van der Waals surface area contributed by atoms with Crippen LogP contribution in [0.4, 0.5) is 5.69 Å². The summed E-state index contributed by atoms with van der Waals surface area (Å²) in [6, 6.07) is 1.28. The third-order valence-corrected chi connectivity index (χ3v) is 2.38. The average Bonchev–Trinajstić information content (AvgIpc) is 2.20. The summed E-state index contributed by atoms with van der Waals surface area (Å²) in [5.74, 6) is 2.82. The number of nitrogens with one attached hydrogen (secondary N) is 1. The van der Waals surface area contributed by atoms with Gasteiger partial charge in [0, 0.05) is 13.1 Å². The molecule has 5 heteroatoms. The van der Waals surface area contributed by atoms with E-state index in [-0.39, 0.29) is 22.7 Å². The van der Waals surface area contributed by atoms with Crippen molar-refractivity contribution < 1.29 is 0 Å². The van der Waals surface area contributed by atoms with Gasteiger partial charge in [-0.05, 0) is 5.92 Å². The number of hydrogen-bond donors (Lipinski definition) is 1. The van der Waals surface area contributed by atoms with Crippen molar-refractivity contribution >= 4 is 17.3 Å². The Bertz CT molecular complexity index is 473. The molecule has 86 valence electrons. The van der Waals surface area contributed by atoms with Crippen LogP contribution in [0.2, 0.25) is 5.15 Å². The number of hydrogen-bond acceptors (Lipinski definition) is 3. The smallest absolute Gasteiger partial charge is 0.289 e. The van der Waals surface area contributed by atoms with Crippen LogP contribution >= 0.6 is 11.6 Å².